The normalized spacial score (nSPS) is 24.7. The number of aromatic nitrogens is 2. The fourth-order valence-corrected chi connectivity index (χ4v) is 4.29. The maximum Gasteiger partial charge on any atom is 0.316 e. The molecule has 1 aromatic rings. The number of hydrogen-bond donors (Lipinski definition) is 0. The van der Waals surface area contributed by atoms with E-state index in [9.17, 15) is 4.79 Å². The standard InChI is InChI=1S/C20H27N3O3/c1-15-6-9-21-19(22-15)25-10-7-16-8-11-26-20(12-16)13-23(14-20)18(24)17-4-2-3-5-17/h2-3,6,9,16-17H,4-5,7-8,10-14H2,1H3. The molecule has 0 radical (unpaired) electrons. The van der Waals surface area contributed by atoms with E-state index in [1.165, 1.54) is 0 Å². The van der Waals surface area contributed by atoms with Crippen LogP contribution in [-0.2, 0) is 9.53 Å². The van der Waals surface area contributed by atoms with E-state index in [2.05, 4.69) is 22.1 Å². The van der Waals surface area contributed by atoms with Crippen LogP contribution in [0.3, 0.4) is 0 Å². The van der Waals surface area contributed by atoms with E-state index in [4.69, 9.17) is 9.47 Å². The fraction of sp³-hybridized carbons (Fsp3) is 0.650. The van der Waals surface area contributed by atoms with Crippen LogP contribution in [0.2, 0.25) is 0 Å². The quantitative estimate of drug-likeness (QED) is 0.758. The topological polar surface area (TPSA) is 64.6 Å². The molecule has 1 spiro atoms. The lowest BCUT2D eigenvalue weighted by Gasteiger charge is -2.53. The molecule has 1 aromatic heterocycles. The predicted octanol–water partition coefficient (Wildman–Crippen LogP) is 2.53. The van der Waals surface area contributed by atoms with Gasteiger partial charge in [-0.15, -0.1) is 0 Å². The second kappa shape index (κ2) is 7.35. The van der Waals surface area contributed by atoms with Crippen molar-refractivity contribution in [1.29, 1.82) is 0 Å². The number of ether oxygens (including phenoxy) is 2. The highest BCUT2D eigenvalue weighted by Gasteiger charge is 2.49. The molecule has 0 aromatic carbocycles. The molecule has 1 aliphatic carbocycles. The van der Waals surface area contributed by atoms with Gasteiger partial charge >= 0.3 is 6.01 Å². The molecule has 26 heavy (non-hydrogen) atoms. The lowest BCUT2D eigenvalue weighted by molar-refractivity contribution is -0.191. The number of likely N-dealkylation sites (tertiary alicyclic amines) is 1. The van der Waals surface area contributed by atoms with Gasteiger partial charge in [0.05, 0.1) is 19.7 Å². The number of amides is 1. The average molecular weight is 357 g/mol. The molecular formula is C20H27N3O3. The fourth-order valence-electron chi connectivity index (χ4n) is 4.29. The van der Waals surface area contributed by atoms with Gasteiger partial charge in [-0.25, -0.2) is 9.97 Å². The Morgan fingerprint density at radius 2 is 2.19 bits per heavy atom. The summed E-state index contributed by atoms with van der Waals surface area (Å²) < 4.78 is 11.8. The van der Waals surface area contributed by atoms with Crippen molar-refractivity contribution in [3.63, 3.8) is 0 Å². The van der Waals surface area contributed by atoms with Crippen molar-refractivity contribution in [3.05, 3.63) is 30.1 Å². The van der Waals surface area contributed by atoms with Crippen LogP contribution < -0.4 is 4.74 Å². The monoisotopic (exact) mass is 357 g/mol. The van der Waals surface area contributed by atoms with Gasteiger partial charge in [-0.05, 0) is 51.0 Å². The highest BCUT2D eigenvalue weighted by molar-refractivity contribution is 5.80. The number of hydrogen-bond acceptors (Lipinski definition) is 5. The Kier molecular flexibility index (Phi) is 4.94. The zero-order valence-corrected chi connectivity index (χ0v) is 15.4. The molecule has 1 unspecified atom stereocenters. The Balaban J connectivity index is 1.23. The third-order valence-corrected chi connectivity index (χ3v) is 5.75. The molecule has 1 amide bonds. The maximum absolute atomic E-state index is 12.5. The van der Waals surface area contributed by atoms with E-state index in [1.54, 1.807) is 6.20 Å². The SMILES string of the molecule is Cc1ccnc(OCCC2CCOC3(C2)CN(C(=O)C2CC=CC2)C3)n1. The van der Waals surface area contributed by atoms with Crippen molar-refractivity contribution >= 4 is 5.91 Å². The third kappa shape index (κ3) is 3.75. The Hall–Kier alpha value is -1.95. The molecule has 0 N–H and O–H groups in total. The average Bonchev–Trinajstić information content (AvgIpc) is 3.14. The highest BCUT2D eigenvalue weighted by Crippen LogP contribution is 2.39. The summed E-state index contributed by atoms with van der Waals surface area (Å²) in [5, 5.41) is 0. The summed E-state index contributed by atoms with van der Waals surface area (Å²) in [7, 11) is 0. The molecule has 3 aliphatic rings. The van der Waals surface area contributed by atoms with Crippen molar-refractivity contribution in [3.8, 4) is 6.01 Å². The number of allylic oxidation sites excluding steroid dienone is 2. The van der Waals surface area contributed by atoms with Gasteiger partial charge in [-0.3, -0.25) is 4.79 Å². The summed E-state index contributed by atoms with van der Waals surface area (Å²) in [6.07, 6.45) is 10.8. The molecule has 6 nitrogen and oxygen atoms in total. The third-order valence-electron chi connectivity index (χ3n) is 5.75. The molecule has 6 heteroatoms. The molecular weight excluding hydrogens is 330 g/mol. The maximum atomic E-state index is 12.5. The minimum absolute atomic E-state index is 0.121. The smallest absolute Gasteiger partial charge is 0.316 e. The van der Waals surface area contributed by atoms with Crippen LogP contribution >= 0.6 is 0 Å². The van der Waals surface area contributed by atoms with Gasteiger partial charge in [0, 0.05) is 24.4 Å². The lowest BCUT2D eigenvalue weighted by atomic mass is 9.79. The molecule has 2 aliphatic heterocycles. The minimum Gasteiger partial charge on any atom is -0.463 e. The van der Waals surface area contributed by atoms with E-state index < -0.39 is 0 Å². The largest absolute Gasteiger partial charge is 0.463 e. The van der Waals surface area contributed by atoms with Crippen molar-refractivity contribution in [2.24, 2.45) is 11.8 Å². The van der Waals surface area contributed by atoms with E-state index in [1.807, 2.05) is 17.9 Å². The van der Waals surface area contributed by atoms with Crippen LogP contribution in [0, 0.1) is 18.8 Å². The van der Waals surface area contributed by atoms with Crippen LogP contribution in [0.15, 0.2) is 24.4 Å². The molecule has 140 valence electrons. The molecule has 2 saturated heterocycles. The second-order valence-corrected chi connectivity index (χ2v) is 7.84. The van der Waals surface area contributed by atoms with Crippen LogP contribution in [-0.4, -0.2) is 52.7 Å². The predicted molar refractivity (Wildman–Crippen MR) is 96.7 cm³/mol. The molecule has 0 bridgehead atoms. The van der Waals surface area contributed by atoms with Gasteiger partial charge in [-0.2, -0.15) is 0 Å². The first-order chi connectivity index (χ1) is 12.6. The minimum atomic E-state index is -0.121. The van der Waals surface area contributed by atoms with Crippen LogP contribution in [0.25, 0.3) is 0 Å². The Labute approximate surface area is 154 Å². The van der Waals surface area contributed by atoms with Gasteiger partial charge in [0.1, 0.15) is 5.60 Å². The highest BCUT2D eigenvalue weighted by atomic mass is 16.5. The van der Waals surface area contributed by atoms with Crippen LogP contribution in [0.5, 0.6) is 6.01 Å². The van der Waals surface area contributed by atoms with Crippen molar-refractivity contribution < 1.29 is 14.3 Å². The Morgan fingerprint density at radius 3 is 2.96 bits per heavy atom. The molecule has 2 fully saturated rings. The Morgan fingerprint density at radius 1 is 1.38 bits per heavy atom. The van der Waals surface area contributed by atoms with Gasteiger partial charge < -0.3 is 14.4 Å². The number of rotatable bonds is 5. The van der Waals surface area contributed by atoms with Crippen molar-refractivity contribution in [2.45, 2.75) is 44.6 Å². The first kappa shape index (κ1) is 17.5. The van der Waals surface area contributed by atoms with E-state index in [-0.39, 0.29) is 11.5 Å². The van der Waals surface area contributed by atoms with E-state index >= 15 is 0 Å². The van der Waals surface area contributed by atoms with Gasteiger partial charge in [0.25, 0.3) is 0 Å². The zero-order chi connectivity index (χ0) is 18.0. The van der Waals surface area contributed by atoms with Crippen LogP contribution in [0.4, 0.5) is 0 Å². The van der Waals surface area contributed by atoms with Crippen molar-refractivity contribution in [2.75, 3.05) is 26.3 Å². The summed E-state index contributed by atoms with van der Waals surface area (Å²) in [5.74, 6) is 1.03. The van der Waals surface area contributed by atoms with Crippen molar-refractivity contribution in [1.82, 2.24) is 14.9 Å². The van der Waals surface area contributed by atoms with E-state index in [0.29, 0.717) is 24.4 Å². The second-order valence-electron chi connectivity index (χ2n) is 7.84. The summed E-state index contributed by atoms with van der Waals surface area (Å²) in [6, 6.07) is 2.32. The van der Waals surface area contributed by atoms with Gasteiger partial charge in [0.2, 0.25) is 5.91 Å². The summed E-state index contributed by atoms with van der Waals surface area (Å²) in [4.78, 5) is 22.9. The number of nitrogens with zero attached hydrogens (tertiary/aromatic N) is 3. The number of carbonyl (C=O) groups excluding carboxylic acids is 1. The van der Waals surface area contributed by atoms with Gasteiger partial charge in [0.15, 0.2) is 0 Å². The molecule has 4 rings (SSSR count). The summed E-state index contributed by atoms with van der Waals surface area (Å²) >= 11 is 0. The van der Waals surface area contributed by atoms with Gasteiger partial charge in [-0.1, -0.05) is 12.2 Å². The Bertz CT molecular complexity index is 677. The van der Waals surface area contributed by atoms with Crippen LogP contribution in [0.1, 0.15) is 37.8 Å². The summed E-state index contributed by atoms with van der Waals surface area (Å²) in [5.41, 5.74) is 0.793. The summed E-state index contributed by atoms with van der Waals surface area (Å²) in [6.45, 7) is 4.84. The number of aryl methyl sites for hydroxylation is 1. The first-order valence-corrected chi connectivity index (χ1v) is 9.64. The number of carbonyl (C=O) groups is 1. The first-order valence-electron chi connectivity index (χ1n) is 9.64. The molecule has 3 heterocycles. The molecule has 1 atom stereocenters. The molecule has 0 saturated carbocycles. The van der Waals surface area contributed by atoms with E-state index in [0.717, 1.165) is 57.5 Å². The zero-order valence-electron chi connectivity index (χ0n) is 15.4. The lowest BCUT2D eigenvalue weighted by Crippen LogP contribution is -2.67.